The average Bonchev–Trinajstić information content (AvgIpc) is 3.33. The van der Waals surface area contributed by atoms with Gasteiger partial charge in [-0.2, -0.15) is 0 Å². The second kappa shape index (κ2) is 10.8. The lowest BCUT2D eigenvalue weighted by Gasteiger charge is -2.34. The van der Waals surface area contributed by atoms with E-state index in [0.717, 1.165) is 42.8 Å². The summed E-state index contributed by atoms with van der Waals surface area (Å²) >= 11 is 0. The molecule has 2 fully saturated rings. The summed E-state index contributed by atoms with van der Waals surface area (Å²) in [6.45, 7) is 6.60. The zero-order chi connectivity index (χ0) is 25.0. The molecule has 2 aromatic carbocycles. The topological polar surface area (TPSA) is 70.1 Å². The largest absolute Gasteiger partial charge is 0.493 e. The quantitative estimate of drug-likeness (QED) is 0.581. The predicted molar refractivity (Wildman–Crippen MR) is 133 cm³/mol. The summed E-state index contributed by atoms with van der Waals surface area (Å²) in [5, 5.41) is 9.47. The molecule has 0 bridgehead atoms. The minimum Gasteiger partial charge on any atom is -0.493 e. The molecule has 0 aromatic heterocycles. The molecule has 2 aliphatic rings. The number of rotatable bonds is 8. The van der Waals surface area contributed by atoms with Gasteiger partial charge in [0.1, 0.15) is 17.5 Å². The van der Waals surface area contributed by atoms with E-state index >= 15 is 0 Å². The number of amides is 1. The van der Waals surface area contributed by atoms with Crippen LogP contribution in [-0.4, -0.2) is 71.3 Å². The van der Waals surface area contributed by atoms with Crippen molar-refractivity contribution in [1.82, 2.24) is 9.80 Å². The first kappa shape index (κ1) is 25.2. The number of hydrogen-bond donors (Lipinski definition) is 1. The summed E-state index contributed by atoms with van der Waals surface area (Å²) in [5.41, 5.74) is 1.01. The second-order valence-corrected chi connectivity index (χ2v) is 10.3. The minimum absolute atomic E-state index is 0.242. The van der Waals surface area contributed by atoms with E-state index in [2.05, 4.69) is 4.90 Å². The molecule has 2 aromatic rings. The van der Waals surface area contributed by atoms with Crippen LogP contribution in [0.2, 0.25) is 0 Å². The van der Waals surface area contributed by atoms with Crippen LogP contribution in [0.1, 0.15) is 49.9 Å². The van der Waals surface area contributed by atoms with E-state index in [1.165, 1.54) is 4.90 Å². The highest BCUT2D eigenvalue weighted by atomic mass is 19.1. The highest BCUT2D eigenvalue weighted by molar-refractivity contribution is 6.02. The van der Waals surface area contributed by atoms with Crippen LogP contribution in [0.4, 0.5) is 4.39 Å². The Bertz CT molecular complexity index is 1030. The smallest absolute Gasteiger partial charge is 0.326 e. The monoisotopic (exact) mass is 482 g/mol. The molecule has 2 saturated heterocycles. The van der Waals surface area contributed by atoms with E-state index in [0.29, 0.717) is 44.0 Å². The predicted octanol–water partition coefficient (Wildman–Crippen LogP) is 4.88. The number of nitrogens with zero attached hydrogens (tertiary/aromatic N) is 2. The molecule has 1 N–H and O–H groups in total. The van der Waals surface area contributed by atoms with Gasteiger partial charge in [0.2, 0.25) is 0 Å². The van der Waals surface area contributed by atoms with E-state index in [4.69, 9.17) is 4.74 Å². The van der Waals surface area contributed by atoms with E-state index in [1.807, 2.05) is 36.4 Å². The lowest BCUT2D eigenvalue weighted by molar-refractivity contribution is -0.141. The van der Waals surface area contributed by atoms with Crippen LogP contribution in [0.3, 0.4) is 0 Å². The Morgan fingerprint density at radius 1 is 1.03 bits per heavy atom. The lowest BCUT2D eigenvalue weighted by atomic mass is 9.96. The van der Waals surface area contributed by atoms with Crippen LogP contribution >= 0.6 is 0 Å². The molecule has 1 atom stereocenters. The van der Waals surface area contributed by atoms with Gasteiger partial charge in [-0.3, -0.25) is 4.79 Å². The van der Waals surface area contributed by atoms with Crippen molar-refractivity contribution in [2.24, 2.45) is 5.92 Å². The highest BCUT2D eigenvalue weighted by Crippen LogP contribution is 2.29. The Balaban J connectivity index is 1.37. The maximum absolute atomic E-state index is 13.9. The van der Waals surface area contributed by atoms with Crippen molar-refractivity contribution >= 4 is 11.9 Å². The number of carboxylic acid groups (broad SMARTS) is 1. The van der Waals surface area contributed by atoms with Crippen LogP contribution in [0.5, 0.6) is 5.75 Å². The van der Waals surface area contributed by atoms with Crippen molar-refractivity contribution in [2.45, 2.75) is 51.2 Å². The summed E-state index contributed by atoms with van der Waals surface area (Å²) in [5.74, 6) is 0.0325. The number of alkyl halides is 1. The molecule has 0 aliphatic carbocycles. The third-order valence-corrected chi connectivity index (χ3v) is 6.91. The standard InChI is InChI=1S/C28H35FN2O4/c1-28(2,29)19-30-16-13-20(14-17-30)18-35-22-11-9-21(10-12-22)23-6-3-4-7-24(23)26(32)31-15-5-8-25(31)27(33)34/h3-4,6-7,9-12,20,25H,5,8,13-19H2,1-2H3,(H,33,34). The number of benzene rings is 2. The fourth-order valence-electron chi connectivity index (χ4n) is 5.13. The first-order chi connectivity index (χ1) is 16.7. The molecule has 4 rings (SSSR count). The third kappa shape index (κ3) is 6.40. The number of hydrogen-bond acceptors (Lipinski definition) is 4. The Labute approximate surface area is 206 Å². The Morgan fingerprint density at radius 2 is 1.71 bits per heavy atom. The maximum atomic E-state index is 13.9. The van der Waals surface area contributed by atoms with E-state index < -0.39 is 17.7 Å². The molecule has 0 saturated carbocycles. The molecule has 2 heterocycles. The van der Waals surface area contributed by atoms with Crippen LogP contribution in [-0.2, 0) is 4.79 Å². The van der Waals surface area contributed by atoms with E-state index in [1.54, 1.807) is 26.0 Å². The molecule has 188 valence electrons. The van der Waals surface area contributed by atoms with Crippen molar-refractivity contribution in [3.05, 3.63) is 54.1 Å². The van der Waals surface area contributed by atoms with Crippen molar-refractivity contribution in [3.63, 3.8) is 0 Å². The van der Waals surface area contributed by atoms with Crippen molar-refractivity contribution in [3.8, 4) is 16.9 Å². The van der Waals surface area contributed by atoms with Gasteiger partial charge in [0.25, 0.3) is 5.91 Å². The number of ether oxygens (including phenoxy) is 1. The zero-order valence-electron chi connectivity index (χ0n) is 20.6. The van der Waals surface area contributed by atoms with Gasteiger partial charge in [-0.25, -0.2) is 9.18 Å². The maximum Gasteiger partial charge on any atom is 0.326 e. The number of halogens is 1. The van der Waals surface area contributed by atoms with Crippen molar-refractivity contribution < 1.29 is 23.8 Å². The van der Waals surface area contributed by atoms with Gasteiger partial charge in [-0.1, -0.05) is 30.3 Å². The summed E-state index contributed by atoms with van der Waals surface area (Å²) in [6.07, 6.45) is 3.18. The molecule has 6 nitrogen and oxygen atoms in total. The van der Waals surface area contributed by atoms with Crippen LogP contribution < -0.4 is 4.74 Å². The molecule has 1 unspecified atom stereocenters. The molecular weight excluding hydrogens is 447 g/mol. The van der Waals surface area contributed by atoms with Gasteiger partial charge in [0.05, 0.1) is 6.61 Å². The minimum atomic E-state index is -1.17. The van der Waals surface area contributed by atoms with Gasteiger partial charge in [-0.05, 0) is 87.9 Å². The van der Waals surface area contributed by atoms with Crippen molar-refractivity contribution in [1.29, 1.82) is 0 Å². The van der Waals surface area contributed by atoms with Gasteiger partial charge < -0.3 is 19.6 Å². The van der Waals surface area contributed by atoms with Gasteiger partial charge in [-0.15, -0.1) is 0 Å². The number of likely N-dealkylation sites (tertiary alicyclic amines) is 2. The average molecular weight is 483 g/mol. The molecule has 0 radical (unpaired) electrons. The summed E-state index contributed by atoms with van der Waals surface area (Å²) in [7, 11) is 0. The zero-order valence-corrected chi connectivity index (χ0v) is 20.6. The molecule has 2 aliphatic heterocycles. The second-order valence-electron chi connectivity index (χ2n) is 10.3. The summed E-state index contributed by atoms with van der Waals surface area (Å²) in [6, 6.07) is 14.3. The fraction of sp³-hybridized carbons (Fsp3) is 0.500. The Morgan fingerprint density at radius 3 is 2.37 bits per heavy atom. The lowest BCUT2D eigenvalue weighted by Crippen LogP contribution is -2.41. The normalized spacial score (nSPS) is 19.6. The molecule has 7 heteroatoms. The summed E-state index contributed by atoms with van der Waals surface area (Å²) < 4.78 is 19.9. The van der Waals surface area contributed by atoms with Gasteiger partial charge in [0, 0.05) is 18.7 Å². The van der Waals surface area contributed by atoms with E-state index in [-0.39, 0.29) is 5.91 Å². The number of piperidine rings is 1. The number of aliphatic carboxylic acids is 1. The molecule has 0 spiro atoms. The Hall–Kier alpha value is -2.93. The summed E-state index contributed by atoms with van der Waals surface area (Å²) in [4.78, 5) is 28.4. The first-order valence-electron chi connectivity index (χ1n) is 12.5. The third-order valence-electron chi connectivity index (χ3n) is 6.91. The number of carboxylic acids is 1. The molecule has 35 heavy (non-hydrogen) atoms. The van der Waals surface area contributed by atoms with Crippen LogP contribution in [0, 0.1) is 5.92 Å². The fourth-order valence-corrected chi connectivity index (χ4v) is 5.13. The first-order valence-corrected chi connectivity index (χ1v) is 12.5. The van der Waals surface area contributed by atoms with Gasteiger partial charge >= 0.3 is 5.97 Å². The SMILES string of the molecule is CC(C)(F)CN1CCC(COc2ccc(-c3ccccc3C(=O)N3CCCC3C(=O)O)cc2)CC1. The Kier molecular flexibility index (Phi) is 7.75. The molecule has 1 amide bonds. The van der Waals surface area contributed by atoms with E-state index in [9.17, 15) is 19.1 Å². The molecular formula is C28H35FN2O4. The van der Waals surface area contributed by atoms with Crippen molar-refractivity contribution in [2.75, 3.05) is 32.8 Å². The van der Waals surface area contributed by atoms with Crippen LogP contribution in [0.25, 0.3) is 11.1 Å². The van der Waals surface area contributed by atoms with Crippen LogP contribution in [0.15, 0.2) is 48.5 Å². The highest BCUT2D eigenvalue weighted by Gasteiger charge is 2.35. The van der Waals surface area contributed by atoms with Gasteiger partial charge in [0.15, 0.2) is 0 Å². The number of carbonyl (C=O) groups is 2. The number of carbonyl (C=O) groups excluding carboxylic acids is 1.